The maximum Gasteiger partial charge on any atom is 0.318 e. The molecular weight excluding hydrogens is 576 g/mol. The summed E-state index contributed by atoms with van der Waals surface area (Å²) in [5.74, 6) is -2.80. The summed E-state index contributed by atoms with van der Waals surface area (Å²) >= 11 is 5.71. The zero-order valence-electron chi connectivity index (χ0n) is 23.7. The molecule has 0 saturated carbocycles. The van der Waals surface area contributed by atoms with E-state index in [2.05, 4.69) is 35.9 Å². The van der Waals surface area contributed by atoms with E-state index in [4.69, 9.17) is 16.3 Å². The Morgan fingerprint density at radius 1 is 1.31 bits per heavy atom. The Morgan fingerprint density at radius 2 is 2.05 bits per heavy atom. The predicted octanol–water partition coefficient (Wildman–Crippen LogP) is 3.68. The number of carbonyl (C=O) groups excluding carboxylic acids is 3. The molecule has 1 aromatic carbocycles. The monoisotopic (exact) mass is 609 g/mol. The molecule has 3 heterocycles. The SMILES string of the molecule is CCc1nonc1C(=O)NCC=O.CNc1cc(C(COC)N2CC(F)(F)CNC2=O)ccn1.Cc1ccccc1Cl. The number of anilines is 1. The third kappa shape index (κ3) is 10.3. The number of pyridine rings is 1. The van der Waals surface area contributed by atoms with Crippen molar-refractivity contribution in [2.45, 2.75) is 32.2 Å². The van der Waals surface area contributed by atoms with E-state index in [9.17, 15) is 23.2 Å². The number of hydrogen-bond donors (Lipinski definition) is 3. The second kappa shape index (κ2) is 16.9. The fraction of sp³-hybridized carbons (Fsp3) is 0.407. The smallest absolute Gasteiger partial charge is 0.318 e. The minimum Gasteiger partial charge on any atom is -0.382 e. The number of benzene rings is 1. The lowest BCUT2D eigenvalue weighted by atomic mass is 10.1. The van der Waals surface area contributed by atoms with Crippen LogP contribution in [-0.4, -0.2) is 84.7 Å². The van der Waals surface area contributed by atoms with Crippen LogP contribution in [0.2, 0.25) is 5.02 Å². The van der Waals surface area contributed by atoms with E-state index in [1.165, 1.54) is 7.11 Å². The number of hydrogen-bond acceptors (Lipinski definition) is 9. The Morgan fingerprint density at radius 3 is 2.64 bits per heavy atom. The third-order valence-corrected chi connectivity index (χ3v) is 6.24. The fourth-order valence-electron chi connectivity index (χ4n) is 3.63. The van der Waals surface area contributed by atoms with E-state index in [1.807, 2.05) is 38.1 Å². The number of nitrogens with zero attached hydrogens (tertiary/aromatic N) is 4. The van der Waals surface area contributed by atoms with Gasteiger partial charge in [0, 0.05) is 25.4 Å². The van der Waals surface area contributed by atoms with E-state index < -0.39 is 37.0 Å². The summed E-state index contributed by atoms with van der Waals surface area (Å²) in [5.41, 5.74) is 2.45. The Labute approximate surface area is 247 Å². The predicted molar refractivity (Wildman–Crippen MR) is 152 cm³/mol. The summed E-state index contributed by atoms with van der Waals surface area (Å²) in [5, 5.41) is 15.2. The Kier molecular flexibility index (Phi) is 13.7. The lowest BCUT2D eigenvalue weighted by Crippen LogP contribution is -2.58. The molecule has 3 amide bonds. The van der Waals surface area contributed by atoms with Crippen molar-refractivity contribution in [1.29, 1.82) is 0 Å². The molecule has 1 aliphatic heterocycles. The molecule has 0 bridgehead atoms. The van der Waals surface area contributed by atoms with Gasteiger partial charge in [0.15, 0.2) is 5.69 Å². The maximum absolute atomic E-state index is 13.6. The van der Waals surface area contributed by atoms with Crippen LogP contribution < -0.4 is 16.0 Å². The van der Waals surface area contributed by atoms with Crippen LogP contribution in [0, 0.1) is 6.92 Å². The molecule has 3 N–H and O–H groups in total. The summed E-state index contributed by atoms with van der Waals surface area (Å²) in [7, 11) is 3.17. The quantitative estimate of drug-likeness (QED) is 0.309. The van der Waals surface area contributed by atoms with Gasteiger partial charge in [0.2, 0.25) is 0 Å². The van der Waals surface area contributed by atoms with Crippen molar-refractivity contribution in [2.75, 3.05) is 45.7 Å². The summed E-state index contributed by atoms with van der Waals surface area (Å²) in [6.45, 7) is 2.63. The maximum atomic E-state index is 13.6. The number of carbonyl (C=O) groups is 3. The van der Waals surface area contributed by atoms with Crippen molar-refractivity contribution in [3.05, 3.63) is 70.1 Å². The van der Waals surface area contributed by atoms with Gasteiger partial charge in [0.25, 0.3) is 11.8 Å². The van der Waals surface area contributed by atoms with E-state index in [1.54, 1.807) is 25.4 Å². The molecule has 2 aromatic heterocycles. The van der Waals surface area contributed by atoms with Crippen LogP contribution in [-0.2, 0) is 16.0 Å². The number of alkyl halides is 2. The molecule has 1 fully saturated rings. The van der Waals surface area contributed by atoms with Crippen LogP contribution >= 0.6 is 11.6 Å². The van der Waals surface area contributed by atoms with Crippen molar-refractivity contribution < 1.29 is 32.5 Å². The average Bonchev–Trinajstić information content (AvgIpc) is 3.47. The highest BCUT2D eigenvalue weighted by molar-refractivity contribution is 6.31. The Hall–Kier alpha value is -4.17. The van der Waals surface area contributed by atoms with Gasteiger partial charge in [-0.25, -0.2) is 23.2 Å². The minimum atomic E-state index is -2.96. The summed E-state index contributed by atoms with van der Waals surface area (Å²) in [6.07, 6.45) is 2.72. The van der Waals surface area contributed by atoms with Gasteiger partial charge in [0.05, 0.1) is 32.3 Å². The van der Waals surface area contributed by atoms with Crippen LogP contribution in [0.25, 0.3) is 0 Å². The minimum absolute atomic E-state index is 0.0329. The highest BCUT2D eigenvalue weighted by atomic mass is 35.5. The highest BCUT2D eigenvalue weighted by Crippen LogP contribution is 2.28. The second-order valence-corrected chi connectivity index (χ2v) is 9.28. The second-order valence-electron chi connectivity index (χ2n) is 8.88. The molecule has 0 aliphatic carbocycles. The average molecular weight is 610 g/mol. The van der Waals surface area contributed by atoms with Crippen LogP contribution in [0.1, 0.15) is 40.3 Å². The molecule has 0 radical (unpaired) electrons. The van der Waals surface area contributed by atoms with E-state index in [-0.39, 0.29) is 18.8 Å². The first-order valence-electron chi connectivity index (χ1n) is 12.9. The molecule has 12 nitrogen and oxygen atoms in total. The number of aryl methyl sites for hydroxylation is 2. The van der Waals surface area contributed by atoms with Crippen LogP contribution in [0.3, 0.4) is 0 Å². The largest absolute Gasteiger partial charge is 0.382 e. The van der Waals surface area contributed by atoms with Crippen molar-refractivity contribution >= 4 is 35.6 Å². The number of methoxy groups -OCH3 is 1. The van der Waals surface area contributed by atoms with E-state index in [0.717, 1.165) is 15.5 Å². The number of aldehydes is 1. The third-order valence-electron chi connectivity index (χ3n) is 5.82. The van der Waals surface area contributed by atoms with Gasteiger partial charge in [-0.15, -0.1) is 0 Å². The van der Waals surface area contributed by atoms with Gasteiger partial charge in [-0.2, -0.15) is 0 Å². The van der Waals surface area contributed by atoms with Crippen molar-refractivity contribution in [3.63, 3.8) is 0 Å². The number of amides is 3. The number of rotatable bonds is 9. The normalized spacial score (nSPS) is 14.3. The molecule has 4 rings (SSSR count). The number of halogens is 3. The molecule has 0 spiro atoms. The van der Waals surface area contributed by atoms with E-state index in [0.29, 0.717) is 29.8 Å². The van der Waals surface area contributed by atoms with Crippen molar-refractivity contribution in [3.8, 4) is 0 Å². The first kappa shape index (κ1) is 34.0. The van der Waals surface area contributed by atoms with Gasteiger partial charge >= 0.3 is 6.03 Å². The zero-order valence-corrected chi connectivity index (χ0v) is 24.5. The lowest BCUT2D eigenvalue weighted by molar-refractivity contribution is -0.107. The van der Waals surface area contributed by atoms with Crippen molar-refractivity contribution in [1.82, 2.24) is 30.8 Å². The van der Waals surface area contributed by atoms with Gasteiger partial charge in [0.1, 0.15) is 17.8 Å². The van der Waals surface area contributed by atoms with Gasteiger partial charge in [-0.05, 0) is 47.8 Å². The van der Waals surface area contributed by atoms with E-state index >= 15 is 0 Å². The number of nitrogens with one attached hydrogen (secondary N) is 3. The number of urea groups is 1. The van der Waals surface area contributed by atoms with Gasteiger partial charge < -0.3 is 30.4 Å². The van der Waals surface area contributed by atoms with Crippen LogP contribution in [0.5, 0.6) is 0 Å². The molecule has 15 heteroatoms. The highest BCUT2D eigenvalue weighted by Gasteiger charge is 2.42. The molecule has 1 saturated heterocycles. The Balaban J connectivity index is 0.000000248. The first-order chi connectivity index (χ1) is 20.1. The number of aromatic nitrogens is 3. The molecular formula is C27H34ClF2N7O5. The molecule has 1 aliphatic rings. The Bertz CT molecular complexity index is 1290. The summed E-state index contributed by atoms with van der Waals surface area (Å²) < 4.78 is 36.6. The van der Waals surface area contributed by atoms with Gasteiger partial charge in [-0.1, -0.05) is 41.9 Å². The molecule has 42 heavy (non-hydrogen) atoms. The lowest BCUT2D eigenvalue weighted by Gasteiger charge is -2.38. The standard InChI is InChI=1S/C13H18F2N4O2.C7H7Cl.C7H9N3O3/c1-16-11-5-9(3-4-17-11)10(6-21-2)19-8-13(14,15)7-18-12(19)20;1-6-4-2-3-5-7(6)8;1-2-5-6(10-13-9-5)7(12)8-3-4-11/h3-5,10H,6-8H2,1-2H3,(H,16,17)(H,18,20);2-5H,1H3;4H,2-3H2,1H3,(H,8,12). The van der Waals surface area contributed by atoms with Crippen molar-refractivity contribution in [2.24, 2.45) is 0 Å². The molecule has 3 aromatic rings. The number of ether oxygens (including phenoxy) is 1. The summed E-state index contributed by atoms with van der Waals surface area (Å²) in [6, 6.07) is 10.0. The van der Waals surface area contributed by atoms with Crippen LogP contribution in [0.15, 0.2) is 47.2 Å². The zero-order chi connectivity index (χ0) is 31.1. The van der Waals surface area contributed by atoms with Gasteiger partial charge in [-0.3, -0.25) is 4.79 Å². The fourth-order valence-corrected chi connectivity index (χ4v) is 3.77. The first-order valence-corrected chi connectivity index (χ1v) is 13.2. The van der Waals surface area contributed by atoms with Crippen LogP contribution in [0.4, 0.5) is 19.4 Å². The molecule has 228 valence electrons. The molecule has 1 atom stereocenters. The summed E-state index contributed by atoms with van der Waals surface area (Å²) in [4.78, 5) is 38.3. The molecule has 1 unspecified atom stereocenters. The topological polar surface area (TPSA) is 152 Å².